The molecule has 1 spiro atoms. The number of carbonyl (C=O) groups excluding carboxylic acids is 1. The Bertz CT molecular complexity index is 670. The Morgan fingerprint density at radius 3 is 3.19 bits per heavy atom. The average molecular weight is 377 g/mol. The van der Waals surface area contributed by atoms with E-state index in [1.807, 2.05) is 12.3 Å². The van der Waals surface area contributed by atoms with E-state index in [4.69, 9.17) is 9.47 Å². The lowest BCUT2D eigenvalue weighted by Crippen LogP contribution is -2.42. The van der Waals surface area contributed by atoms with Crippen molar-refractivity contribution in [2.45, 2.75) is 31.1 Å². The fraction of sp³-hybridized carbons (Fsp3) is 0.650. The monoisotopic (exact) mass is 376 g/mol. The van der Waals surface area contributed by atoms with E-state index in [9.17, 15) is 4.79 Å². The normalized spacial score (nSPS) is 32.6. The van der Waals surface area contributed by atoms with Crippen molar-refractivity contribution in [2.24, 2.45) is 11.8 Å². The van der Waals surface area contributed by atoms with Gasteiger partial charge in [0.25, 0.3) is 0 Å². The molecule has 3 aliphatic rings. The van der Waals surface area contributed by atoms with Gasteiger partial charge in [-0.25, -0.2) is 0 Å². The van der Waals surface area contributed by atoms with Crippen molar-refractivity contribution < 1.29 is 14.3 Å². The summed E-state index contributed by atoms with van der Waals surface area (Å²) in [6.07, 6.45) is 4.58. The van der Waals surface area contributed by atoms with Crippen LogP contribution in [0.15, 0.2) is 24.3 Å². The van der Waals surface area contributed by atoms with E-state index in [2.05, 4.69) is 28.4 Å². The van der Waals surface area contributed by atoms with E-state index >= 15 is 0 Å². The molecule has 4 rings (SSSR count). The summed E-state index contributed by atoms with van der Waals surface area (Å²) in [5.41, 5.74) is 1.29. The third kappa shape index (κ3) is 3.35. The van der Waals surface area contributed by atoms with Gasteiger partial charge in [0, 0.05) is 38.0 Å². The van der Waals surface area contributed by atoms with Gasteiger partial charge in [-0.3, -0.25) is 9.69 Å². The molecule has 3 fully saturated rings. The molecule has 26 heavy (non-hydrogen) atoms. The number of nitrogens with zero attached hydrogens (tertiary/aromatic N) is 1. The minimum Gasteiger partial charge on any atom is -0.497 e. The second-order valence-electron chi connectivity index (χ2n) is 7.79. The van der Waals surface area contributed by atoms with E-state index in [0.29, 0.717) is 23.7 Å². The van der Waals surface area contributed by atoms with E-state index in [-0.39, 0.29) is 11.5 Å². The third-order valence-electron chi connectivity index (χ3n) is 6.21. The number of hydrogen-bond acceptors (Lipinski definition) is 5. The van der Waals surface area contributed by atoms with Gasteiger partial charge in [0.15, 0.2) is 0 Å². The highest BCUT2D eigenvalue weighted by Crippen LogP contribution is 2.54. The summed E-state index contributed by atoms with van der Waals surface area (Å²) in [4.78, 5) is 14.4. The van der Waals surface area contributed by atoms with Crippen molar-refractivity contribution in [1.82, 2.24) is 10.2 Å². The molecule has 1 aromatic carbocycles. The first kappa shape index (κ1) is 18.1. The highest BCUT2D eigenvalue weighted by molar-refractivity contribution is 7.99. The van der Waals surface area contributed by atoms with Gasteiger partial charge in [0.2, 0.25) is 5.91 Å². The molecule has 0 aliphatic carbocycles. The van der Waals surface area contributed by atoms with Gasteiger partial charge >= 0.3 is 0 Å². The van der Waals surface area contributed by atoms with Crippen LogP contribution in [0, 0.1) is 11.8 Å². The number of methoxy groups -OCH3 is 1. The first-order valence-electron chi connectivity index (χ1n) is 9.42. The highest BCUT2D eigenvalue weighted by atomic mass is 32.2. The van der Waals surface area contributed by atoms with Crippen LogP contribution in [0.1, 0.15) is 18.4 Å². The van der Waals surface area contributed by atoms with Crippen LogP contribution in [-0.4, -0.2) is 61.3 Å². The molecule has 0 radical (unpaired) electrons. The number of hydrogen-bond donors (Lipinski definition) is 1. The van der Waals surface area contributed by atoms with Crippen LogP contribution in [-0.2, 0) is 16.1 Å². The minimum atomic E-state index is 0.0123. The SMILES string of the molecule is COc1cccc(CN2C[C@@H]3[C@H](CNC(=O)CSC)[C@H]4CC[C@]3(C2)O4)c1. The zero-order valence-corrected chi connectivity index (χ0v) is 16.4. The van der Waals surface area contributed by atoms with Crippen molar-refractivity contribution in [2.75, 3.05) is 38.8 Å². The fourth-order valence-corrected chi connectivity index (χ4v) is 5.49. The lowest BCUT2D eigenvalue weighted by atomic mass is 9.73. The number of rotatable bonds is 7. The maximum atomic E-state index is 11.9. The molecule has 0 aromatic heterocycles. The molecule has 0 unspecified atom stereocenters. The van der Waals surface area contributed by atoms with Gasteiger partial charge in [0.1, 0.15) is 5.75 Å². The number of ether oxygens (including phenoxy) is 2. The quantitative estimate of drug-likeness (QED) is 0.790. The summed E-state index contributed by atoms with van der Waals surface area (Å²) < 4.78 is 11.8. The first-order chi connectivity index (χ1) is 12.6. The third-order valence-corrected chi connectivity index (χ3v) is 6.76. The Morgan fingerprint density at radius 1 is 1.50 bits per heavy atom. The molecular formula is C20H28N2O3S. The maximum absolute atomic E-state index is 11.9. The van der Waals surface area contributed by atoms with Crippen molar-refractivity contribution in [3.05, 3.63) is 29.8 Å². The molecule has 6 heteroatoms. The lowest BCUT2D eigenvalue weighted by molar-refractivity contribution is -0.118. The largest absolute Gasteiger partial charge is 0.497 e. The highest BCUT2D eigenvalue weighted by Gasteiger charge is 2.62. The summed E-state index contributed by atoms with van der Waals surface area (Å²) in [5, 5.41) is 3.12. The van der Waals surface area contributed by atoms with Crippen LogP contribution < -0.4 is 10.1 Å². The number of likely N-dealkylation sites (tertiary alicyclic amines) is 1. The van der Waals surface area contributed by atoms with Crippen molar-refractivity contribution >= 4 is 17.7 Å². The topological polar surface area (TPSA) is 50.8 Å². The number of benzene rings is 1. The van der Waals surface area contributed by atoms with Crippen LogP contribution in [0.25, 0.3) is 0 Å². The maximum Gasteiger partial charge on any atom is 0.229 e. The van der Waals surface area contributed by atoms with E-state index in [1.54, 1.807) is 18.9 Å². The van der Waals surface area contributed by atoms with Crippen molar-refractivity contribution in [3.8, 4) is 5.75 Å². The van der Waals surface area contributed by atoms with Crippen LogP contribution >= 0.6 is 11.8 Å². The molecule has 5 nitrogen and oxygen atoms in total. The predicted octanol–water partition coefficient (Wildman–Crippen LogP) is 2.15. The smallest absolute Gasteiger partial charge is 0.229 e. The van der Waals surface area contributed by atoms with Crippen LogP contribution in [0.2, 0.25) is 0 Å². The van der Waals surface area contributed by atoms with Gasteiger partial charge in [-0.15, -0.1) is 0 Å². The fourth-order valence-electron chi connectivity index (χ4n) is 5.12. The summed E-state index contributed by atoms with van der Waals surface area (Å²) in [6.45, 7) is 3.73. The number of fused-ring (bicyclic) bond motifs is 1. The summed E-state index contributed by atoms with van der Waals surface area (Å²) in [7, 11) is 1.71. The second kappa shape index (κ2) is 7.41. The molecule has 4 atom stereocenters. The van der Waals surface area contributed by atoms with Gasteiger partial charge in [-0.1, -0.05) is 12.1 Å². The van der Waals surface area contributed by atoms with Crippen molar-refractivity contribution in [1.29, 1.82) is 0 Å². The molecule has 3 saturated heterocycles. The van der Waals surface area contributed by atoms with Gasteiger partial charge < -0.3 is 14.8 Å². The summed E-state index contributed by atoms with van der Waals surface area (Å²) in [5.74, 6) is 2.56. The molecular weight excluding hydrogens is 348 g/mol. The summed E-state index contributed by atoms with van der Waals surface area (Å²) >= 11 is 1.57. The molecule has 142 valence electrons. The molecule has 0 saturated carbocycles. The van der Waals surface area contributed by atoms with E-state index < -0.39 is 0 Å². The Kier molecular flexibility index (Phi) is 5.17. The molecule has 3 heterocycles. The Hall–Kier alpha value is -1.24. The van der Waals surface area contributed by atoms with Gasteiger partial charge in [-0.2, -0.15) is 11.8 Å². The second-order valence-corrected chi connectivity index (χ2v) is 8.65. The molecule has 1 N–H and O–H groups in total. The average Bonchev–Trinajstić information content (AvgIpc) is 3.28. The summed E-state index contributed by atoms with van der Waals surface area (Å²) in [6, 6.07) is 8.31. The number of carbonyl (C=O) groups is 1. The van der Waals surface area contributed by atoms with E-state index in [1.165, 1.54) is 5.56 Å². The standard InChI is InChI=1S/C20H28N2O3S/c1-24-15-5-3-4-14(8-15)10-22-11-17-16(9-21-19(23)12-26-2)18-6-7-20(17,13-22)25-18/h3-5,8,16-18H,6-7,9-13H2,1-2H3,(H,21,23)/t16-,17+,18+,20+/m0/s1. The molecule has 1 aromatic rings. The molecule has 3 aliphatic heterocycles. The molecule has 1 amide bonds. The van der Waals surface area contributed by atoms with Crippen LogP contribution in [0.5, 0.6) is 5.75 Å². The van der Waals surface area contributed by atoms with Gasteiger partial charge in [0.05, 0.1) is 24.6 Å². The Morgan fingerprint density at radius 2 is 2.38 bits per heavy atom. The Balaban J connectivity index is 1.40. The molecule has 2 bridgehead atoms. The zero-order valence-electron chi connectivity index (χ0n) is 15.6. The number of thioether (sulfide) groups is 1. The zero-order chi connectivity index (χ0) is 18.1. The van der Waals surface area contributed by atoms with Crippen LogP contribution in [0.4, 0.5) is 0 Å². The first-order valence-corrected chi connectivity index (χ1v) is 10.8. The van der Waals surface area contributed by atoms with Crippen LogP contribution in [0.3, 0.4) is 0 Å². The number of nitrogens with one attached hydrogen (secondary N) is 1. The number of amides is 1. The van der Waals surface area contributed by atoms with E-state index in [0.717, 1.165) is 44.8 Å². The van der Waals surface area contributed by atoms with Crippen molar-refractivity contribution in [3.63, 3.8) is 0 Å². The lowest BCUT2D eigenvalue weighted by Gasteiger charge is -2.29. The van der Waals surface area contributed by atoms with Gasteiger partial charge in [-0.05, 0) is 36.8 Å². The Labute approximate surface area is 159 Å². The predicted molar refractivity (Wildman–Crippen MR) is 103 cm³/mol. The minimum absolute atomic E-state index is 0.0123.